The number of nitrogens with zero attached hydrogens (tertiary/aromatic N) is 5. The number of hydrogen-bond donors (Lipinski definition) is 1. The molecule has 3 rings (SSSR count). The highest BCUT2D eigenvalue weighted by atomic mass is 15.3. The molecule has 0 amide bonds. The van der Waals surface area contributed by atoms with E-state index in [0.29, 0.717) is 11.5 Å². The molecule has 1 saturated heterocycles. The minimum atomic E-state index is 0.672. The van der Waals surface area contributed by atoms with Gasteiger partial charge in [0.05, 0.1) is 16.6 Å². The topological polar surface area (TPSA) is 68.1 Å². The molecule has 2 heterocycles. The molecule has 1 aromatic heterocycles. The normalized spacial score (nSPS) is 14.5. The van der Waals surface area contributed by atoms with Crippen molar-refractivity contribution in [1.82, 2.24) is 9.97 Å². The summed E-state index contributed by atoms with van der Waals surface area (Å²) in [5.74, 6) is 2.25. The molecule has 1 N–H and O–H groups in total. The van der Waals surface area contributed by atoms with E-state index in [2.05, 4.69) is 55.1 Å². The van der Waals surface area contributed by atoms with Crippen LogP contribution in [0.1, 0.15) is 61.0 Å². The molecule has 0 spiro atoms. The zero-order valence-electron chi connectivity index (χ0n) is 25.8. The van der Waals surface area contributed by atoms with Crippen LogP contribution in [-0.2, 0) is 0 Å². The molecule has 214 valence electrons. The van der Waals surface area contributed by atoms with Crippen molar-refractivity contribution in [2.24, 2.45) is 5.92 Å². The Morgan fingerprint density at radius 3 is 2.15 bits per heavy atom. The number of piperazine rings is 1. The smallest absolute Gasteiger partial charge is 0.228 e. The average Bonchev–Trinajstić information content (AvgIpc) is 2.97. The highest BCUT2D eigenvalue weighted by Gasteiger charge is 2.21. The summed E-state index contributed by atoms with van der Waals surface area (Å²) in [5, 5.41) is 14.7. The van der Waals surface area contributed by atoms with Gasteiger partial charge >= 0.3 is 0 Å². The lowest BCUT2D eigenvalue weighted by Crippen LogP contribution is -2.48. The van der Waals surface area contributed by atoms with Crippen LogP contribution in [0, 0.1) is 17.2 Å². The fourth-order valence-corrected chi connectivity index (χ4v) is 3.90. The summed E-state index contributed by atoms with van der Waals surface area (Å²) in [6.07, 6.45) is 11.5. The molecule has 6 heteroatoms. The van der Waals surface area contributed by atoms with E-state index in [1.807, 2.05) is 89.3 Å². The number of benzene rings is 1. The Morgan fingerprint density at radius 2 is 1.62 bits per heavy atom. The first-order chi connectivity index (χ1) is 19.3. The number of nitriles is 1. The van der Waals surface area contributed by atoms with Gasteiger partial charge in [0.25, 0.3) is 0 Å². The van der Waals surface area contributed by atoms with Crippen molar-refractivity contribution in [3.8, 4) is 6.07 Å². The predicted molar refractivity (Wildman–Crippen MR) is 175 cm³/mol. The second-order valence-corrected chi connectivity index (χ2v) is 9.62. The first kappa shape index (κ1) is 33.9. The Kier molecular flexibility index (Phi) is 15.5. The third-order valence-corrected chi connectivity index (χ3v) is 5.77. The lowest BCUT2D eigenvalue weighted by Gasteiger charge is -2.36. The van der Waals surface area contributed by atoms with Gasteiger partial charge in [-0.05, 0) is 56.5 Å². The maximum atomic E-state index is 9.46. The summed E-state index contributed by atoms with van der Waals surface area (Å²) >= 11 is 0. The largest absolute Gasteiger partial charge is 0.367 e. The van der Waals surface area contributed by atoms with Crippen LogP contribution in [0.15, 0.2) is 73.0 Å². The van der Waals surface area contributed by atoms with Crippen LogP contribution < -0.4 is 25.7 Å². The number of nitrogens with one attached hydrogen (secondary N) is 1. The summed E-state index contributed by atoms with van der Waals surface area (Å²) in [7, 11) is 0. The SMILES string of the molecule is C=C/C=c1/nc(N2CCN(c3ccccc3C#N)CC2)nc(NC(/C=C\C)=C(\C)C=C)/c1=C/C.CC.CC(C)C. The Labute approximate surface area is 242 Å². The third kappa shape index (κ3) is 9.89. The van der Waals surface area contributed by atoms with Gasteiger partial charge in [-0.1, -0.05) is 84.2 Å². The van der Waals surface area contributed by atoms with E-state index in [1.165, 1.54) is 0 Å². The number of rotatable bonds is 7. The van der Waals surface area contributed by atoms with Crippen LogP contribution in [0.25, 0.3) is 12.2 Å². The highest BCUT2D eigenvalue weighted by Crippen LogP contribution is 2.22. The van der Waals surface area contributed by atoms with E-state index in [1.54, 1.807) is 6.08 Å². The van der Waals surface area contributed by atoms with Crippen molar-refractivity contribution >= 4 is 29.6 Å². The molecule has 0 unspecified atom stereocenters. The molecule has 40 heavy (non-hydrogen) atoms. The van der Waals surface area contributed by atoms with Gasteiger partial charge in [0.15, 0.2) is 0 Å². The second kappa shape index (κ2) is 18.2. The van der Waals surface area contributed by atoms with E-state index in [9.17, 15) is 5.26 Å². The molecular formula is C34H48N6. The van der Waals surface area contributed by atoms with Gasteiger partial charge in [0.1, 0.15) is 11.9 Å². The van der Waals surface area contributed by atoms with E-state index < -0.39 is 0 Å². The Bertz CT molecular complexity index is 1320. The van der Waals surface area contributed by atoms with Crippen molar-refractivity contribution in [3.63, 3.8) is 0 Å². The molecule has 0 atom stereocenters. The van der Waals surface area contributed by atoms with Crippen LogP contribution in [0.5, 0.6) is 0 Å². The van der Waals surface area contributed by atoms with Gasteiger partial charge in [0.2, 0.25) is 5.95 Å². The zero-order chi connectivity index (χ0) is 30.1. The fraction of sp³-hybridized carbons (Fsp3) is 0.382. The number of anilines is 3. The quantitative estimate of drug-likeness (QED) is 0.400. The van der Waals surface area contributed by atoms with Gasteiger partial charge < -0.3 is 15.1 Å². The minimum Gasteiger partial charge on any atom is -0.367 e. The van der Waals surface area contributed by atoms with Crippen molar-refractivity contribution in [3.05, 3.63) is 89.1 Å². The second-order valence-electron chi connectivity index (χ2n) is 9.62. The summed E-state index contributed by atoms with van der Waals surface area (Å²) in [5.41, 5.74) is 3.64. The summed E-state index contributed by atoms with van der Waals surface area (Å²) in [6.45, 7) is 27.3. The van der Waals surface area contributed by atoms with Crippen LogP contribution in [0.4, 0.5) is 17.5 Å². The van der Waals surface area contributed by atoms with E-state index in [0.717, 1.165) is 65.4 Å². The lowest BCUT2D eigenvalue weighted by atomic mass is 10.1. The van der Waals surface area contributed by atoms with Gasteiger partial charge in [-0.25, -0.2) is 4.98 Å². The first-order valence-electron chi connectivity index (χ1n) is 14.2. The molecule has 0 saturated carbocycles. The highest BCUT2D eigenvalue weighted by molar-refractivity contribution is 5.60. The maximum absolute atomic E-state index is 9.46. The number of aromatic nitrogens is 2. The average molecular weight is 541 g/mol. The van der Waals surface area contributed by atoms with Gasteiger partial charge in [-0.2, -0.15) is 10.2 Å². The van der Waals surface area contributed by atoms with E-state index in [-0.39, 0.29) is 0 Å². The van der Waals surface area contributed by atoms with Crippen molar-refractivity contribution < 1.29 is 0 Å². The van der Waals surface area contributed by atoms with Gasteiger partial charge in [0, 0.05) is 37.1 Å². The summed E-state index contributed by atoms with van der Waals surface area (Å²) in [4.78, 5) is 14.2. The molecule has 2 aromatic rings. The molecule has 0 radical (unpaired) electrons. The number of allylic oxidation sites excluding steroid dienone is 5. The molecule has 0 aliphatic carbocycles. The molecular weight excluding hydrogens is 492 g/mol. The summed E-state index contributed by atoms with van der Waals surface area (Å²) in [6, 6.07) is 10.0. The number of hydrogen-bond acceptors (Lipinski definition) is 6. The van der Waals surface area contributed by atoms with E-state index >= 15 is 0 Å². The van der Waals surface area contributed by atoms with Gasteiger partial charge in [-0.3, -0.25) is 0 Å². The van der Waals surface area contributed by atoms with Crippen LogP contribution in [0.3, 0.4) is 0 Å². The van der Waals surface area contributed by atoms with Crippen LogP contribution >= 0.6 is 0 Å². The monoisotopic (exact) mass is 540 g/mol. The lowest BCUT2D eigenvalue weighted by molar-refractivity contribution is 0.639. The molecule has 1 aliphatic heterocycles. The van der Waals surface area contributed by atoms with Crippen LogP contribution in [-0.4, -0.2) is 36.1 Å². The Balaban J connectivity index is 0.00000122. The fourth-order valence-electron chi connectivity index (χ4n) is 3.90. The van der Waals surface area contributed by atoms with Crippen molar-refractivity contribution in [1.29, 1.82) is 5.26 Å². The Morgan fingerprint density at radius 1 is 1.02 bits per heavy atom. The summed E-state index contributed by atoms with van der Waals surface area (Å²) < 4.78 is 0. The van der Waals surface area contributed by atoms with Crippen LogP contribution in [0.2, 0.25) is 0 Å². The molecule has 6 nitrogen and oxygen atoms in total. The molecule has 1 aromatic carbocycles. The molecule has 1 fully saturated rings. The maximum Gasteiger partial charge on any atom is 0.228 e. The predicted octanol–water partition coefficient (Wildman–Crippen LogP) is 6.58. The Hall–Kier alpha value is -4.11. The van der Waals surface area contributed by atoms with Crippen molar-refractivity contribution in [2.75, 3.05) is 41.3 Å². The number of para-hydroxylation sites is 1. The van der Waals surface area contributed by atoms with E-state index in [4.69, 9.17) is 9.97 Å². The zero-order valence-corrected chi connectivity index (χ0v) is 25.8. The molecule has 1 aliphatic rings. The van der Waals surface area contributed by atoms with Gasteiger partial charge in [-0.15, -0.1) is 0 Å². The first-order valence-corrected chi connectivity index (χ1v) is 14.2. The molecule has 0 bridgehead atoms. The third-order valence-electron chi connectivity index (χ3n) is 5.77. The minimum absolute atomic E-state index is 0.672. The van der Waals surface area contributed by atoms with Crippen molar-refractivity contribution in [2.45, 2.75) is 55.4 Å². The standard InChI is InChI=1S/C28H32N6.C4H10.C2H6/c1-6-12-24(21(5)8-3)30-27-23(9-4)25(13-7-2)31-28(32-27)34-18-16-33(17-19-34)26-15-11-10-14-22(26)20-29;1-4(2)3;1-2/h6-15H,2-3,16-19H2,1,4-5H3,(H,30,31,32);4H,1-3H3;1-2H3/b12-6-,23-9+,24-21+,25-13+;;.